The number of nitrogens with one attached hydrogen (secondary N) is 1. The lowest BCUT2D eigenvalue weighted by atomic mass is 10.1. The molecular formula is C19H23N3. The molecule has 1 heterocycles. The van der Waals surface area contributed by atoms with Crippen molar-refractivity contribution in [2.45, 2.75) is 32.4 Å². The summed E-state index contributed by atoms with van der Waals surface area (Å²) in [5, 5.41) is 3.55. The first-order valence-corrected chi connectivity index (χ1v) is 8.02. The van der Waals surface area contributed by atoms with E-state index in [0.29, 0.717) is 0 Å². The second kappa shape index (κ2) is 6.65. The highest BCUT2D eigenvalue weighted by atomic mass is 15.2. The molecule has 0 saturated heterocycles. The first-order chi connectivity index (χ1) is 10.8. The molecule has 1 unspecified atom stereocenters. The molecule has 3 heteroatoms. The molecule has 22 heavy (non-hydrogen) atoms. The fraction of sp³-hybridized carbons (Fsp3) is 0.316. The molecule has 0 bridgehead atoms. The molecule has 1 aliphatic heterocycles. The molecule has 0 amide bonds. The predicted molar refractivity (Wildman–Crippen MR) is 94.8 cm³/mol. The Hall–Kier alpha value is -2.29. The number of fused-ring (bicyclic) bond motifs is 1. The van der Waals surface area contributed by atoms with E-state index in [2.05, 4.69) is 72.7 Å². The summed E-state index contributed by atoms with van der Waals surface area (Å²) in [5.41, 5.74) is 3.50. The normalized spacial score (nSPS) is 16.5. The summed E-state index contributed by atoms with van der Waals surface area (Å²) in [7, 11) is 2.09. The summed E-state index contributed by atoms with van der Waals surface area (Å²) in [4.78, 5) is 7.15. The monoisotopic (exact) mass is 293 g/mol. The third-order valence-electron chi connectivity index (χ3n) is 4.06. The summed E-state index contributed by atoms with van der Waals surface area (Å²) in [6, 6.07) is 18.8. The van der Waals surface area contributed by atoms with E-state index in [1.807, 2.05) is 6.07 Å². The summed E-state index contributed by atoms with van der Waals surface area (Å²) in [6.45, 7) is 2.22. The van der Waals surface area contributed by atoms with Gasteiger partial charge in [-0.05, 0) is 37.1 Å². The minimum Gasteiger partial charge on any atom is -0.363 e. The molecule has 0 spiro atoms. The van der Waals surface area contributed by atoms with E-state index in [9.17, 15) is 0 Å². The first kappa shape index (κ1) is 14.6. The highest BCUT2D eigenvalue weighted by Crippen LogP contribution is 2.27. The van der Waals surface area contributed by atoms with E-state index in [0.717, 1.165) is 17.9 Å². The lowest BCUT2D eigenvalue weighted by molar-refractivity contribution is 0.623. The number of unbranched alkanes of at least 4 members (excludes halogenated alkanes) is 1. The van der Waals surface area contributed by atoms with Crippen LogP contribution in [0.15, 0.2) is 59.6 Å². The molecule has 114 valence electrons. The second-order valence-corrected chi connectivity index (χ2v) is 5.70. The number of rotatable bonds is 4. The van der Waals surface area contributed by atoms with Crippen molar-refractivity contribution < 1.29 is 0 Å². The van der Waals surface area contributed by atoms with Crippen LogP contribution < -0.4 is 10.2 Å². The van der Waals surface area contributed by atoms with Gasteiger partial charge in [0.25, 0.3) is 0 Å². The second-order valence-electron chi connectivity index (χ2n) is 5.70. The highest BCUT2D eigenvalue weighted by molar-refractivity contribution is 6.13. The zero-order chi connectivity index (χ0) is 15.4. The Morgan fingerprint density at radius 2 is 1.77 bits per heavy atom. The van der Waals surface area contributed by atoms with Crippen molar-refractivity contribution in [1.82, 2.24) is 0 Å². The smallest absolute Gasteiger partial charge is 0.139 e. The van der Waals surface area contributed by atoms with Gasteiger partial charge in [0, 0.05) is 24.0 Å². The summed E-state index contributed by atoms with van der Waals surface area (Å²) in [5.74, 6) is 1.04. The third-order valence-corrected chi connectivity index (χ3v) is 4.06. The van der Waals surface area contributed by atoms with Crippen LogP contribution in [0.1, 0.15) is 31.7 Å². The molecule has 3 rings (SSSR count). The number of benzene rings is 2. The van der Waals surface area contributed by atoms with Crippen molar-refractivity contribution in [2.24, 2.45) is 4.99 Å². The highest BCUT2D eigenvalue weighted by Gasteiger charge is 2.22. The molecule has 0 aliphatic carbocycles. The van der Waals surface area contributed by atoms with Crippen molar-refractivity contribution >= 4 is 17.2 Å². The van der Waals surface area contributed by atoms with Gasteiger partial charge in [0.15, 0.2) is 0 Å². The maximum Gasteiger partial charge on any atom is 0.139 e. The molecule has 1 aliphatic rings. The molecule has 0 aromatic heterocycles. The molecule has 1 atom stereocenters. The average molecular weight is 293 g/mol. The number of nitrogens with zero attached hydrogens (tertiary/aromatic N) is 2. The van der Waals surface area contributed by atoms with Gasteiger partial charge in [0.2, 0.25) is 0 Å². The maximum atomic E-state index is 4.97. The first-order valence-electron chi connectivity index (χ1n) is 8.02. The Bertz CT molecular complexity index is 649. The molecule has 2 aromatic rings. The van der Waals surface area contributed by atoms with Gasteiger partial charge in [-0.1, -0.05) is 43.7 Å². The van der Waals surface area contributed by atoms with Crippen LogP contribution in [0.2, 0.25) is 0 Å². The molecule has 0 fully saturated rings. The number of aliphatic imine (C=N–C) groups is 1. The van der Waals surface area contributed by atoms with Crippen LogP contribution in [-0.2, 0) is 0 Å². The Kier molecular flexibility index (Phi) is 4.42. The zero-order valence-corrected chi connectivity index (χ0v) is 13.3. The SMILES string of the molecule is CCCCC1N=C(N(C)c2ccccc2)c2ccccc2N1. The Morgan fingerprint density at radius 1 is 1.05 bits per heavy atom. The Labute approximate surface area is 132 Å². The van der Waals surface area contributed by atoms with Gasteiger partial charge in [-0.25, -0.2) is 4.99 Å². The molecule has 1 N–H and O–H groups in total. The van der Waals surface area contributed by atoms with E-state index in [-0.39, 0.29) is 6.17 Å². The van der Waals surface area contributed by atoms with Gasteiger partial charge in [0.05, 0.1) is 0 Å². The van der Waals surface area contributed by atoms with Gasteiger partial charge in [-0.15, -0.1) is 0 Å². The largest absolute Gasteiger partial charge is 0.363 e. The fourth-order valence-corrected chi connectivity index (χ4v) is 2.81. The van der Waals surface area contributed by atoms with Crippen molar-refractivity contribution in [3.8, 4) is 0 Å². The van der Waals surface area contributed by atoms with Gasteiger partial charge in [-0.2, -0.15) is 0 Å². The Morgan fingerprint density at radius 3 is 2.55 bits per heavy atom. The van der Waals surface area contributed by atoms with Crippen molar-refractivity contribution in [3.63, 3.8) is 0 Å². The van der Waals surface area contributed by atoms with Crippen LogP contribution in [0.4, 0.5) is 11.4 Å². The van der Waals surface area contributed by atoms with Gasteiger partial charge < -0.3 is 10.2 Å². The van der Waals surface area contributed by atoms with E-state index in [1.165, 1.54) is 24.1 Å². The van der Waals surface area contributed by atoms with Crippen molar-refractivity contribution in [2.75, 3.05) is 17.3 Å². The summed E-state index contributed by atoms with van der Waals surface area (Å²) in [6.07, 6.45) is 3.61. The predicted octanol–water partition coefficient (Wildman–Crippen LogP) is 4.51. The topological polar surface area (TPSA) is 27.6 Å². The fourth-order valence-electron chi connectivity index (χ4n) is 2.81. The lowest BCUT2D eigenvalue weighted by Crippen LogP contribution is -2.35. The number of hydrogen-bond donors (Lipinski definition) is 1. The zero-order valence-electron chi connectivity index (χ0n) is 13.3. The quantitative estimate of drug-likeness (QED) is 0.898. The van der Waals surface area contributed by atoms with E-state index in [4.69, 9.17) is 4.99 Å². The Balaban J connectivity index is 1.96. The number of anilines is 2. The van der Waals surface area contributed by atoms with E-state index < -0.39 is 0 Å². The standard InChI is InChI=1S/C19H23N3/c1-3-4-14-18-20-17-13-9-8-12-16(17)19(21-18)22(2)15-10-6-5-7-11-15/h5-13,18,20H,3-4,14H2,1-2H3. The van der Waals surface area contributed by atoms with Gasteiger partial charge in [-0.3, -0.25) is 0 Å². The van der Waals surface area contributed by atoms with Crippen molar-refractivity contribution in [1.29, 1.82) is 0 Å². The average Bonchev–Trinajstić information content (AvgIpc) is 2.59. The minimum absolute atomic E-state index is 0.163. The number of amidine groups is 1. The van der Waals surface area contributed by atoms with Crippen LogP contribution in [0.25, 0.3) is 0 Å². The molecule has 3 nitrogen and oxygen atoms in total. The van der Waals surface area contributed by atoms with E-state index >= 15 is 0 Å². The van der Waals surface area contributed by atoms with Crippen molar-refractivity contribution in [3.05, 3.63) is 60.2 Å². The summed E-state index contributed by atoms with van der Waals surface area (Å²) >= 11 is 0. The molecule has 2 aromatic carbocycles. The molecule has 0 radical (unpaired) electrons. The van der Waals surface area contributed by atoms with Crippen LogP contribution >= 0.6 is 0 Å². The number of para-hydroxylation sites is 2. The van der Waals surface area contributed by atoms with Crippen LogP contribution in [-0.4, -0.2) is 19.0 Å². The van der Waals surface area contributed by atoms with Gasteiger partial charge >= 0.3 is 0 Å². The van der Waals surface area contributed by atoms with Crippen LogP contribution in [0.5, 0.6) is 0 Å². The minimum atomic E-state index is 0.163. The molecule has 0 saturated carbocycles. The van der Waals surface area contributed by atoms with Crippen LogP contribution in [0, 0.1) is 0 Å². The van der Waals surface area contributed by atoms with E-state index in [1.54, 1.807) is 0 Å². The van der Waals surface area contributed by atoms with Crippen LogP contribution in [0.3, 0.4) is 0 Å². The third kappa shape index (κ3) is 2.98. The molecular weight excluding hydrogens is 270 g/mol. The van der Waals surface area contributed by atoms with Gasteiger partial charge in [0.1, 0.15) is 12.0 Å². The summed E-state index contributed by atoms with van der Waals surface area (Å²) < 4.78 is 0. The number of hydrogen-bond acceptors (Lipinski definition) is 3. The lowest BCUT2D eigenvalue weighted by Gasteiger charge is -2.30. The maximum absolute atomic E-state index is 4.97.